The number of carbonyl (C=O) groups excluding carboxylic acids is 1. The maximum absolute atomic E-state index is 12.2. The van der Waals surface area contributed by atoms with Gasteiger partial charge in [0.2, 0.25) is 5.88 Å². The van der Waals surface area contributed by atoms with Crippen LogP contribution >= 0.6 is 0 Å². The van der Waals surface area contributed by atoms with Crippen LogP contribution < -0.4 is 9.47 Å². The molecule has 0 aliphatic rings. The molecule has 2 rings (SSSR count). The van der Waals surface area contributed by atoms with Crippen molar-refractivity contribution < 1.29 is 27.4 Å². The van der Waals surface area contributed by atoms with E-state index in [0.717, 1.165) is 6.07 Å². The van der Waals surface area contributed by atoms with E-state index in [1.807, 2.05) is 0 Å². The summed E-state index contributed by atoms with van der Waals surface area (Å²) < 4.78 is 45.4. The molecule has 1 aromatic heterocycles. The fourth-order valence-corrected chi connectivity index (χ4v) is 1.74. The molecule has 0 aliphatic heterocycles. The standard InChI is InChI=1S/C14H10F3NO3/c1-20-13-7-10(4-5-18-13)9-2-3-12(11(6-9)8-19)21-14(15,16)17/h2-8H,1H3. The Morgan fingerprint density at radius 3 is 2.48 bits per heavy atom. The Bertz CT molecular complexity index is 656. The van der Waals surface area contributed by atoms with Crippen molar-refractivity contribution in [1.29, 1.82) is 0 Å². The molecular formula is C14H10F3NO3. The van der Waals surface area contributed by atoms with Gasteiger partial charge in [-0.15, -0.1) is 13.2 Å². The van der Waals surface area contributed by atoms with Gasteiger partial charge in [0.25, 0.3) is 0 Å². The van der Waals surface area contributed by atoms with Crippen LogP contribution in [0.15, 0.2) is 36.5 Å². The predicted octanol–water partition coefficient (Wildman–Crippen LogP) is 3.47. The number of halogens is 3. The minimum atomic E-state index is -4.85. The topological polar surface area (TPSA) is 48.4 Å². The van der Waals surface area contributed by atoms with Crippen LogP contribution in [0.2, 0.25) is 0 Å². The van der Waals surface area contributed by atoms with Gasteiger partial charge in [0.1, 0.15) is 5.75 Å². The third-order valence-corrected chi connectivity index (χ3v) is 2.64. The molecule has 2 aromatic rings. The molecule has 1 heterocycles. The van der Waals surface area contributed by atoms with E-state index in [4.69, 9.17) is 4.74 Å². The van der Waals surface area contributed by atoms with Gasteiger partial charge in [-0.2, -0.15) is 0 Å². The van der Waals surface area contributed by atoms with Crippen molar-refractivity contribution in [2.75, 3.05) is 7.11 Å². The molecule has 21 heavy (non-hydrogen) atoms. The summed E-state index contributed by atoms with van der Waals surface area (Å²) in [4.78, 5) is 14.9. The zero-order chi connectivity index (χ0) is 15.5. The largest absolute Gasteiger partial charge is 0.573 e. The summed E-state index contributed by atoms with van der Waals surface area (Å²) in [6.45, 7) is 0. The molecule has 0 unspecified atom stereocenters. The van der Waals surface area contributed by atoms with Crippen molar-refractivity contribution in [2.24, 2.45) is 0 Å². The summed E-state index contributed by atoms with van der Waals surface area (Å²) in [5.41, 5.74) is 1.01. The van der Waals surface area contributed by atoms with E-state index >= 15 is 0 Å². The Morgan fingerprint density at radius 2 is 1.86 bits per heavy atom. The lowest BCUT2D eigenvalue weighted by Crippen LogP contribution is -2.18. The molecule has 0 saturated heterocycles. The van der Waals surface area contributed by atoms with E-state index in [2.05, 4.69) is 9.72 Å². The fourth-order valence-electron chi connectivity index (χ4n) is 1.74. The molecule has 0 N–H and O–H groups in total. The molecule has 110 valence electrons. The van der Waals surface area contributed by atoms with Crippen molar-refractivity contribution in [3.05, 3.63) is 42.1 Å². The quantitative estimate of drug-likeness (QED) is 0.811. The van der Waals surface area contributed by atoms with Crippen LogP contribution in [-0.4, -0.2) is 24.7 Å². The molecule has 0 amide bonds. The third-order valence-electron chi connectivity index (χ3n) is 2.64. The van der Waals surface area contributed by atoms with Gasteiger partial charge in [-0.1, -0.05) is 6.07 Å². The summed E-state index contributed by atoms with van der Waals surface area (Å²) in [5.74, 6) is -0.182. The van der Waals surface area contributed by atoms with Gasteiger partial charge in [-0.3, -0.25) is 4.79 Å². The average Bonchev–Trinajstić information content (AvgIpc) is 2.46. The minimum absolute atomic E-state index is 0.194. The average molecular weight is 297 g/mol. The number of carbonyl (C=O) groups is 1. The normalized spacial score (nSPS) is 11.0. The van der Waals surface area contributed by atoms with Crippen LogP contribution in [0.1, 0.15) is 10.4 Å². The highest BCUT2D eigenvalue weighted by Crippen LogP contribution is 2.30. The zero-order valence-electron chi connectivity index (χ0n) is 10.8. The second-order valence-corrected chi connectivity index (χ2v) is 4.01. The number of aldehydes is 1. The molecule has 0 spiro atoms. The van der Waals surface area contributed by atoms with Crippen molar-refractivity contribution in [1.82, 2.24) is 4.98 Å². The monoisotopic (exact) mass is 297 g/mol. The van der Waals surface area contributed by atoms with Crippen LogP contribution in [0.5, 0.6) is 11.6 Å². The van der Waals surface area contributed by atoms with Gasteiger partial charge in [0, 0.05) is 12.3 Å². The first-order chi connectivity index (χ1) is 9.93. The first-order valence-corrected chi connectivity index (χ1v) is 5.78. The van der Waals surface area contributed by atoms with Crippen molar-refractivity contribution >= 4 is 6.29 Å². The SMILES string of the molecule is COc1cc(-c2ccc(OC(F)(F)F)c(C=O)c2)ccn1. The van der Waals surface area contributed by atoms with Gasteiger partial charge >= 0.3 is 6.36 Å². The lowest BCUT2D eigenvalue weighted by Gasteiger charge is -2.12. The van der Waals surface area contributed by atoms with Crippen LogP contribution in [0.4, 0.5) is 13.2 Å². The van der Waals surface area contributed by atoms with Gasteiger partial charge in [0.15, 0.2) is 6.29 Å². The minimum Gasteiger partial charge on any atom is -0.481 e. The summed E-state index contributed by atoms with van der Waals surface area (Å²) in [5, 5.41) is 0. The van der Waals surface area contributed by atoms with Crippen LogP contribution in [0.3, 0.4) is 0 Å². The lowest BCUT2D eigenvalue weighted by molar-refractivity contribution is -0.274. The number of ether oxygens (including phenoxy) is 2. The summed E-state index contributed by atoms with van der Waals surface area (Å²) in [7, 11) is 1.45. The first-order valence-electron chi connectivity index (χ1n) is 5.78. The Morgan fingerprint density at radius 1 is 1.14 bits per heavy atom. The molecule has 4 nitrogen and oxygen atoms in total. The number of methoxy groups -OCH3 is 1. The number of hydrogen-bond acceptors (Lipinski definition) is 4. The second-order valence-electron chi connectivity index (χ2n) is 4.01. The number of benzene rings is 1. The van der Waals surface area contributed by atoms with E-state index in [0.29, 0.717) is 23.3 Å². The highest BCUT2D eigenvalue weighted by atomic mass is 19.4. The van der Waals surface area contributed by atoms with E-state index in [1.54, 1.807) is 12.1 Å². The van der Waals surface area contributed by atoms with Crippen LogP contribution in [0.25, 0.3) is 11.1 Å². The van der Waals surface area contributed by atoms with E-state index in [1.165, 1.54) is 25.4 Å². The molecular weight excluding hydrogens is 287 g/mol. The second kappa shape index (κ2) is 5.82. The summed E-state index contributed by atoms with van der Waals surface area (Å²) in [6.07, 6.45) is -3.04. The third kappa shape index (κ3) is 3.71. The fraction of sp³-hybridized carbons (Fsp3) is 0.143. The molecule has 0 saturated carbocycles. The van der Waals surface area contributed by atoms with E-state index in [9.17, 15) is 18.0 Å². The Balaban J connectivity index is 2.40. The van der Waals surface area contributed by atoms with Crippen molar-refractivity contribution in [3.8, 4) is 22.8 Å². The smallest absolute Gasteiger partial charge is 0.481 e. The summed E-state index contributed by atoms with van der Waals surface area (Å²) in [6, 6.07) is 7.08. The molecule has 0 atom stereocenters. The number of alkyl halides is 3. The number of hydrogen-bond donors (Lipinski definition) is 0. The molecule has 7 heteroatoms. The molecule has 0 bridgehead atoms. The predicted molar refractivity (Wildman–Crippen MR) is 68.3 cm³/mol. The molecule has 0 radical (unpaired) electrons. The maximum Gasteiger partial charge on any atom is 0.573 e. The molecule has 0 aliphatic carbocycles. The zero-order valence-corrected chi connectivity index (χ0v) is 10.8. The number of rotatable bonds is 4. The Labute approximate surface area is 118 Å². The van der Waals surface area contributed by atoms with E-state index in [-0.39, 0.29) is 5.56 Å². The first kappa shape index (κ1) is 14.8. The number of aromatic nitrogens is 1. The molecule has 0 fully saturated rings. The van der Waals surface area contributed by atoms with Crippen LogP contribution in [-0.2, 0) is 0 Å². The highest BCUT2D eigenvalue weighted by molar-refractivity contribution is 5.83. The Hall–Kier alpha value is -2.57. The highest BCUT2D eigenvalue weighted by Gasteiger charge is 2.32. The van der Waals surface area contributed by atoms with Crippen molar-refractivity contribution in [3.63, 3.8) is 0 Å². The van der Waals surface area contributed by atoms with Gasteiger partial charge in [-0.05, 0) is 29.3 Å². The van der Waals surface area contributed by atoms with Crippen molar-refractivity contribution in [2.45, 2.75) is 6.36 Å². The van der Waals surface area contributed by atoms with Gasteiger partial charge in [-0.25, -0.2) is 4.98 Å². The van der Waals surface area contributed by atoms with Gasteiger partial charge in [0.05, 0.1) is 12.7 Å². The van der Waals surface area contributed by atoms with Crippen LogP contribution in [0, 0.1) is 0 Å². The van der Waals surface area contributed by atoms with Gasteiger partial charge < -0.3 is 9.47 Å². The lowest BCUT2D eigenvalue weighted by atomic mass is 10.0. The number of nitrogens with zero attached hydrogens (tertiary/aromatic N) is 1. The maximum atomic E-state index is 12.2. The Kier molecular flexibility index (Phi) is 4.11. The number of pyridine rings is 1. The van der Waals surface area contributed by atoms with E-state index < -0.39 is 12.1 Å². The summed E-state index contributed by atoms with van der Waals surface area (Å²) >= 11 is 0. The molecule has 1 aromatic carbocycles.